The van der Waals surface area contributed by atoms with Crippen LogP contribution in [0.5, 0.6) is 0 Å². The number of rotatable bonds is 2. The topological polar surface area (TPSA) is 93.5 Å². The number of carboxylic acid groups (broad SMARTS) is 1. The summed E-state index contributed by atoms with van der Waals surface area (Å²) in [5, 5.41) is 16.2. The van der Waals surface area contributed by atoms with Crippen molar-refractivity contribution >= 4 is 11.5 Å². The molecule has 2 heterocycles. The van der Waals surface area contributed by atoms with Gasteiger partial charge < -0.3 is 10.8 Å². The molecule has 0 aliphatic heterocycles. The Kier molecular flexibility index (Phi) is 1.90. The van der Waals surface area contributed by atoms with Gasteiger partial charge in [-0.15, -0.1) is 5.10 Å². The number of pyridine rings is 1. The minimum atomic E-state index is -1.09. The van der Waals surface area contributed by atoms with E-state index in [1.165, 1.54) is 10.7 Å². The van der Waals surface area contributed by atoms with Crippen molar-refractivity contribution in [2.45, 2.75) is 6.04 Å². The molecule has 6 heteroatoms. The summed E-state index contributed by atoms with van der Waals surface area (Å²) in [7, 11) is 0. The third kappa shape index (κ3) is 1.21. The molecule has 14 heavy (non-hydrogen) atoms. The van der Waals surface area contributed by atoms with Crippen LogP contribution in [0.15, 0.2) is 24.4 Å². The van der Waals surface area contributed by atoms with Crippen LogP contribution in [0.25, 0.3) is 5.52 Å². The van der Waals surface area contributed by atoms with Crippen LogP contribution in [0.1, 0.15) is 11.7 Å². The molecule has 0 bridgehead atoms. The monoisotopic (exact) mass is 192 g/mol. The average molecular weight is 192 g/mol. The van der Waals surface area contributed by atoms with E-state index < -0.39 is 12.0 Å². The Bertz CT molecular complexity index is 479. The third-order valence-corrected chi connectivity index (χ3v) is 1.94. The predicted octanol–water partition coefficient (Wildman–Crippen LogP) is -0.186. The van der Waals surface area contributed by atoms with Crippen molar-refractivity contribution < 1.29 is 9.90 Å². The highest BCUT2D eigenvalue weighted by Crippen LogP contribution is 2.11. The van der Waals surface area contributed by atoms with Gasteiger partial charge in [-0.1, -0.05) is 11.3 Å². The summed E-state index contributed by atoms with van der Waals surface area (Å²) in [6.07, 6.45) is 1.54. The van der Waals surface area contributed by atoms with Crippen LogP contribution in [-0.4, -0.2) is 25.9 Å². The van der Waals surface area contributed by atoms with Gasteiger partial charge in [-0.3, -0.25) is 4.79 Å². The van der Waals surface area contributed by atoms with Crippen LogP contribution in [0.4, 0.5) is 0 Å². The standard InChI is InChI=1S/C8H8N4O2/c9-7(8(13)14)6-3-1-2-5-4-10-11-12(5)6/h1-4,7H,9H2,(H,13,14). The van der Waals surface area contributed by atoms with E-state index in [1.807, 2.05) is 0 Å². The Balaban J connectivity index is 2.61. The Labute approximate surface area is 79.0 Å². The fourth-order valence-corrected chi connectivity index (χ4v) is 1.24. The van der Waals surface area contributed by atoms with E-state index in [1.54, 1.807) is 18.2 Å². The lowest BCUT2D eigenvalue weighted by Gasteiger charge is -2.07. The number of aliphatic carboxylic acids is 1. The highest BCUT2D eigenvalue weighted by atomic mass is 16.4. The first kappa shape index (κ1) is 8.64. The van der Waals surface area contributed by atoms with Crippen LogP contribution in [0.2, 0.25) is 0 Å². The molecule has 2 aromatic rings. The number of aromatic nitrogens is 3. The molecule has 0 aliphatic rings. The smallest absolute Gasteiger partial charge is 0.326 e. The lowest BCUT2D eigenvalue weighted by Crippen LogP contribution is -2.23. The number of nitrogens with zero attached hydrogens (tertiary/aromatic N) is 3. The number of carboxylic acids is 1. The van der Waals surface area contributed by atoms with Gasteiger partial charge in [0.2, 0.25) is 0 Å². The van der Waals surface area contributed by atoms with E-state index >= 15 is 0 Å². The van der Waals surface area contributed by atoms with Crippen molar-refractivity contribution in [3.8, 4) is 0 Å². The van der Waals surface area contributed by atoms with E-state index in [0.717, 1.165) is 5.52 Å². The lowest BCUT2D eigenvalue weighted by molar-refractivity contribution is -0.138. The molecule has 0 aromatic carbocycles. The molecule has 1 atom stereocenters. The van der Waals surface area contributed by atoms with Crippen molar-refractivity contribution in [2.24, 2.45) is 5.73 Å². The van der Waals surface area contributed by atoms with Crippen LogP contribution >= 0.6 is 0 Å². The SMILES string of the molecule is NC(C(=O)O)c1cccc2cnnn12. The molecule has 3 N–H and O–H groups in total. The van der Waals surface area contributed by atoms with Gasteiger partial charge in [0, 0.05) is 0 Å². The maximum atomic E-state index is 10.7. The fraction of sp³-hybridized carbons (Fsp3) is 0.125. The molecule has 0 fully saturated rings. The molecule has 0 amide bonds. The Morgan fingerprint density at radius 2 is 2.36 bits per heavy atom. The van der Waals surface area contributed by atoms with Crippen molar-refractivity contribution in [2.75, 3.05) is 0 Å². The molecular weight excluding hydrogens is 184 g/mol. The molecule has 0 saturated heterocycles. The zero-order valence-electron chi connectivity index (χ0n) is 7.16. The summed E-state index contributed by atoms with van der Waals surface area (Å²) in [4.78, 5) is 10.7. The number of hydrogen-bond donors (Lipinski definition) is 2. The number of fused-ring (bicyclic) bond motifs is 1. The highest BCUT2D eigenvalue weighted by molar-refractivity contribution is 5.74. The Hall–Kier alpha value is -1.95. The fourth-order valence-electron chi connectivity index (χ4n) is 1.24. The van der Waals surface area contributed by atoms with Crippen molar-refractivity contribution in [3.05, 3.63) is 30.1 Å². The predicted molar refractivity (Wildman–Crippen MR) is 47.6 cm³/mol. The van der Waals surface area contributed by atoms with Crippen LogP contribution in [-0.2, 0) is 4.79 Å². The second-order valence-electron chi connectivity index (χ2n) is 2.84. The molecule has 0 radical (unpaired) electrons. The summed E-state index contributed by atoms with van der Waals surface area (Å²) in [5.41, 5.74) is 6.61. The largest absolute Gasteiger partial charge is 0.480 e. The first-order chi connectivity index (χ1) is 6.70. The van der Waals surface area contributed by atoms with Crippen LogP contribution in [0, 0.1) is 0 Å². The van der Waals surface area contributed by atoms with Crippen molar-refractivity contribution in [3.63, 3.8) is 0 Å². The van der Waals surface area contributed by atoms with E-state index in [4.69, 9.17) is 10.8 Å². The minimum absolute atomic E-state index is 0.410. The lowest BCUT2D eigenvalue weighted by atomic mass is 10.2. The van der Waals surface area contributed by atoms with Crippen molar-refractivity contribution in [1.82, 2.24) is 14.8 Å². The zero-order valence-corrected chi connectivity index (χ0v) is 7.16. The van der Waals surface area contributed by atoms with E-state index in [2.05, 4.69) is 10.3 Å². The summed E-state index contributed by atoms with van der Waals surface area (Å²) in [6.45, 7) is 0. The molecule has 6 nitrogen and oxygen atoms in total. The van der Waals surface area contributed by atoms with Gasteiger partial charge in [0.05, 0.1) is 17.4 Å². The number of hydrogen-bond acceptors (Lipinski definition) is 4. The molecule has 72 valence electrons. The summed E-state index contributed by atoms with van der Waals surface area (Å²) >= 11 is 0. The van der Waals surface area contributed by atoms with E-state index in [9.17, 15) is 4.79 Å². The first-order valence-electron chi connectivity index (χ1n) is 3.98. The first-order valence-corrected chi connectivity index (χ1v) is 3.98. The average Bonchev–Trinajstić information content (AvgIpc) is 2.63. The molecular formula is C8H8N4O2. The van der Waals surface area contributed by atoms with Gasteiger partial charge in [0.1, 0.15) is 6.04 Å². The Morgan fingerprint density at radius 3 is 3.07 bits per heavy atom. The molecule has 2 aromatic heterocycles. The second-order valence-corrected chi connectivity index (χ2v) is 2.84. The normalized spacial score (nSPS) is 12.9. The van der Waals surface area contributed by atoms with Gasteiger partial charge in [0.25, 0.3) is 0 Å². The molecule has 1 unspecified atom stereocenters. The van der Waals surface area contributed by atoms with Gasteiger partial charge in [-0.05, 0) is 12.1 Å². The van der Waals surface area contributed by atoms with Gasteiger partial charge >= 0.3 is 5.97 Å². The summed E-state index contributed by atoms with van der Waals surface area (Å²) < 4.78 is 1.42. The number of carbonyl (C=O) groups is 1. The van der Waals surface area contributed by atoms with Crippen LogP contribution < -0.4 is 5.73 Å². The molecule has 0 spiro atoms. The van der Waals surface area contributed by atoms with Crippen LogP contribution in [0.3, 0.4) is 0 Å². The Morgan fingerprint density at radius 1 is 1.57 bits per heavy atom. The summed E-state index contributed by atoms with van der Waals surface area (Å²) in [5.74, 6) is -1.09. The van der Waals surface area contributed by atoms with E-state index in [0.29, 0.717) is 5.69 Å². The maximum absolute atomic E-state index is 10.7. The third-order valence-electron chi connectivity index (χ3n) is 1.94. The summed E-state index contributed by atoms with van der Waals surface area (Å²) in [6, 6.07) is 4.02. The van der Waals surface area contributed by atoms with Gasteiger partial charge in [-0.2, -0.15) is 0 Å². The van der Waals surface area contributed by atoms with Crippen molar-refractivity contribution in [1.29, 1.82) is 0 Å². The zero-order chi connectivity index (χ0) is 10.1. The molecule has 0 aliphatic carbocycles. The highest BCUT2D eigenvalue weighted by Gasteiger charge is 2.17. The molecule has 2 rings (SSSR count). The minimum Gasteiger partial charge on any atom is -0.480 e. The molecule has 0 saturated carbocycles. The van der Waals surface area contributed by atoms with Gasteiger partial charge in [0.15, 0.2) is 0 Å². The maximum Gasteiger partial charge on any atom is 0.326 e. The van der Waals surface area contributed by atoms with E-state index in [-0.39, 0.29) is 0 Å². The van der Waals surface area contributed by atoms with Gasteiger partial charge in [-0.25, -0.2) is 4.52 Å². The second kappa shape index (κ2) is 3.08. The quantitative estimate of drug-likeness (QED) is 0.688. The number of nitrogens with two attached hydrogens (primary N) is 1.